The summed E-state index contributed by atoms with van der Waals surface area (Å²) in [5.74, 6) is 0.800. The monoisotopic (exact) mass is 192 g/mol. The molecule has 0 aromatic rings. The Hall–Kier alpha value is 0.263. The molecular weight excluding hydrogens is 194 g/mol. The van der Waals surface area contributed by atoms with Gasteiger partial charge in [-0.3, -0.25) is 0 Å². The van der Waals surface area contributed by atoms with E-state index in [2.05, 4.69) is 11.6 Å². The minimum absolute atomic E-state index is 0. The van der Waals surface area contributed by atoms with E-state index in [1.54, 1.807) is 0 Å². The van der Waals surface area contributed by atoms with Crippen molar-refractivity contribution in [1.29, 1.82) is 0 Å². The number of rotatable bonds is 0. The van der Waals surface area contributed by atoms with E-state index < -0.39 is 6.18 Å². The smallest absolute Gasteiger partial charge is 0.159 e. The Labute approximate surface area is 62.2 Å². The van der Waals surface area contributed by atoms with Crippen molar-refractivity contribution in [3.05, 3.63) is 0 Å². The predicted molar refractivity (Wildman–Crippen MR) is 19.7 cm³/mol. The quantitative estimate of drug-likeness (QED) is 0.407. The molecule has 0 fully saturated rings. The van der Waals surface area contributed by atoms with Gasteiger partial charge in [0.05, 0.1) is 0 Å². The zero-order valence-corrected chi connectivity index (χ0v) is 7.44. The second kappa shape index (κ2) is 4.17. The van der Waals surface area contributed by atoms with Gasteiger partial charge in [0, 0.05) is 30.8 Å². The standard InChI is InChI=1S/C3ClF3.Zn/c4-2-1-3(5,6)7;. The van der Waals surface area contributed by atoms with Crippen molar-refractivity contribution in [2.45, 2.75) is 6.18 Å². The van der Waals surface area contributed by atoms with Gasteiger partial charge in [-0.15, -0.1) is 0 Å². The van der Waals surface area contributed by atoms with Crippen molar-refractivity contribution in [2.24, 2.45) is 0 Å². The third kappa shape index (κ3) is 9.55. The summed E-state index contributed by atoms with van der Waals surface area (Å²) in [7, 11) is 0. The first-order chi connectivity index (χ1) is 3.06. The number of alkyl halides is 3. The van der Waals surface area contributed by atoms with Gasteiger partial charge in [0.2, 0.25) is 0 Å². The molecule has 0 N–H and O–H groups in total. The Morgan fingerprint density at radius 2 is 1.62 bits per heavy atom. The summed E-state index contributed by atoms with van der Waals surface area (Å²) in [6.45, 7) is 0. The van der Waals surface area contributed by atoms with Crippen LogP contribution < -0.4 is 0 Å². The van der Waals surface area contributed by atoms with Crippen LogP contribution in [0.5, 0.6) is 0 Å². The van der Waals surface area contributed by atoms with Crippen LogP contribution in [0.1, 0.15) is 0 Å². The first-order valence-electron chi connectivity index (χ1n) is 1.26. The summed E-state index contributed by atoms with van der Waals surface area (Å²) < 4.78 is 32.4. The average Bonchev–Trinajstić information content (AvgIpc) is 1.30. The molecule has 0 radical (unpaired) electrons. The first-order valence-corrected chi connectivity index (χ1v) is 1.63. The predicted octanol–water partition coefficient (Wildman–Crippen LogP) is 1.75. The summed E-state index contributed by atoms with van der Waals surface area (Å²) in [5, 5.41) is 1.20. The van der Waals surface area contributed by atoms with Gasteiger partial charge in [-0.05, 0) is 11.6 Å². The van der Waals surface area contributed by atoms with Crippen LogP contribution in [0, 0.1) is 11.3 Å². The van der Waals surface area contributed by atoms with Crippen LogP contribution in [-0.4, -0.2) is 6.18 Å². The van der Waals surface area contributed by atoms with Gasteiger partial charge in [-0.1, -0.05) is 0 Å². The minimum Gasteiger partial charge on any atom is -0.159 e. The Balaban J connectivity index is 0. The summed E-state index contributed by atoms with van der Waals surface area (Å²) in [5.41, 5.74) is 0. The normalized spacial score (nSPS) is 8.50. The maximum Gasteiger partial charge on any atom is 0.458 e. The van der Waals surface area contributed by atoms with Gasteiger partial charge in [-0.2, -0.15) is 13.2 Å². The molecule has 0 atom stereocenters. The molecular formula is C3ClF3Zn. The van der Waals surface area contributed by atoms with Crippen molar-refractivity contribution >= 4 is 11.6 Å². The molecule has 0 amide bonds. The van der Waals surface area contributed by atoms with E-state index in [0.717, 1.165) is 5.92 Å². The van der Waals surface area contributed by atoms with E-state index in [1.165, 1.54) is 5.38 Å². The Morgan fingerprint density at radius 1 is 1.25 bits per heavy atom. The molecule has 42 valence electrons. The molecule has 0 bridgehead atoms. The van der Waals surface area contributed by atoms with Crippen LogP contribution in [0.25, 0.3) is 0 Å². The van der Waals surface area contributed by atoms with E-state index >= 15 is 0 Å². The fraction of sp³-hybridized carbons (Fsp3) is 0.333. The van der Waals surface area contributed by atoms with Gasteiger partial charge in [0.1, 0.15) is 0 Å². The third-order valence-electron chi connectivity index (χ3n) is 0.189. The van der Waals surface area contributed by atoms with E-state index in [0.29, 0.717) is 0 Å². The molecule has 0 rings (SSSR count). The Kier molecular flexibility index (Phi) is 5.80. The summed E-state index contributed by atoms with van der Waals surface area (Å²) in [6, 6.07) is 0. The Morgan fingerprint density at radius 3 is 1.62 bits per heavy atom. The van der Waals surface area contributed by atoms with Crippen LogP contribution in [-0.2, 0) is 19.5 Å². The second-order valence-corrected chi connectivity index (χ2v) is 0.906. The van der Waals surface area contributed by atoms with Crippen molar-refractivity contribution in [3.8, 4) is 11.3 Å². The van der Waals surface area contributed by atoms with E-state index in [-0.39, 0.29) is 19.5 Å². The van der Waals surface area contributed by atoms with E-state index in [4.69, 9.17) is 0 Å². The zero-order valence-electron chi connectivity index (χ0n) is 3.72. The van der Waals surface area contributed by atoms with Gasteiger partial charge in [0.25, 0.3) is 0 Å². The van der Waals surface area contributed by atoms with Crippen LogP contribution in [0.3, 0.4) is 0 Å². The molecule has 8 heavy (non-hydrogen) atoms. The van der Waals surface area contributed by atoms with Crippen molar-refractivity contribution in [3.63, 3.8) is 0 Å². The topological polar surface area (TPSA) is 0 Å². The van der Waals surface area contributed by atoms with Crippen LogP contribution in [0.2, 0.25) is 0 Å². The molecule has 0 aromatic carbocycles. The molecule has 5 heteroatoms. The van der Waals surface area contributed by atoms with Gasteiger partial charge < -0.3 is 0 Å². The molecule has 0 aliphatic rings. The third-order valence-corrected chi connectivity index (χ3v) is 0.283. The Bertz CT molecular complexity index is 108. The fourth-order valence-corrected chi connectivity index (χ4v) is 0.161. The van der Waals surface area contributed by atoms with E-state index in [9.17, 15) is 13.2 Å². The minimum atomic E-state index is -4.44. The zero-order chi connectivity index (χ0) is 5.91. The van der Waals surface area contributed by atoms with Crippen LogP contribution in [0.15, 0.2) is 0 Å². The van der Waals surface area contributed by atoms with Crippen LogP contribution >= 0.6 is 11.6 Å². The molecule has 0 saturated heterocycles. The van der Waals surface area contributed by atoms with Gasteiger partial charge >= 0.3 is 6.18 Å². The maximum atomic E-state index is 10.8. The summed E-state index contributed by atoms with van der Waals surface area (Å²) in [4.78, 5) is 0. The van der Waals surface area contributed by atoms with Crippen molar-refractivity contribution in [1.82, 2.24) is 0 Å². The molecule has 0 unspecified atom stereocenters. The van der Waals surface area contributed by atoms with E-state index in [1.807, 2.05) is 0 Å². The molecule has 0 saturated carbocycles. The van der Waals surface area contributed by atoms with Crippen molar-refractivity contribution < 1.29 is 32.6 Å². The molecule has 0 aliphatic heterocycles. The van der Waals surface area contributed by atoms with Crippen molar-refractivity contribution in [2.75, 3.05) is 0 Å². The average molecular weight is 194 g/mol. The van der Waals surface area contributed by atoms with Gasteiger partial charge in [0.15, 0.2) is 0 Å². The molecule has 0 spiro atoms. The summed E-state index contributed by atoms with van der Waals surface area (Å²) >= 11 is 4.41. The van der Waals surface area contributed by atoms with Gasteiger partial charge in [-0.25, -0.2) is 0 Å². The SMILES string of the molecule is FC(F)(F)C#CCl.[Zn]. The fourth-order valence-electron chi connectivity index (χ4n) is 0.0536. The maximum absolute atomic E-state index is 10.8. The second-order valence-electron chi connectivity index (χ2n) is 0.717. The number of halogens is 4. The molecule has 0 heterocycles. The van der Waals surface area contributed by atoms with Crippen LogP contribution in [0.4, 0.5) is 13.2 Å². The number of hydrogen-bond donors (Lipinski definition) is 0. The molecule has 0 nitrogen and oxygen atoms in total. The molecule has 0 aliphatic carbocycles. The largest absolute Gasteiger partial charge is 0.458 e. The first kappa shape index (κ1) is 11.1. The number of hydrogen-bond acceptors (Lipinski definition) is 0. The molecule has 0 aromatic heterocycles. The summed E-state index contributed by atoms with van der Waals surface area (Å²) in [6.07, 6.45) is -4.44.